The lowest BCUT2D eigenvalue weighted by Crippen LogP contribution is -2.01. The van der Waals surface area contributed by atoms with E-state index in [9.17, 15) is 0 Å². The Bertz CT molecular complexity index is 634. The Morgan fingerprint density at radius 1 is 1.11 bits per heavy atom. The third-order valence-electron chi connectivity index (χ3n) is 2.73. The summed E-state index contributed by atoms with van der Waals surface area (Å²) in [5, 5.41) is 7.56. The van der Waals surface area contributed by atoms with Crippen molar-refractivity contribution in [3.63, 3.8) is 0 Å². The Hall–Kier alpha value is -2.69. The molecule has 0 bridgehead atoms. The summed E-state index contributed by atoms with van der Waals surface area (Å²) >= 11 is 0. The predicted molar refractivity (Wildman–Crippen MR) is 72.9 cm³/mol. The molecule has 2 aromatic heterocycles. The number of hydrogen-bond donors (Lipinski definition) is 1. The molecule has 3 aromatic rings. The Morgan fingerprint density at radius 3 is 2.79 bits per heavy atom. The molecule has 0 aliphatic heterocycles. The Kier molecular flexibility index (Phi) is 3.18. The van der Waals surface area contributed by atoms with Crippen molar-refractivity contribution in [1.29, 1.82) is 0 Å². The van der Waals surface area contributed by atoms with Gasteiger partial charge in [-0.2, -0.15) is 5.10 Å². The summed E-state index contributed by atoms with van der Waals surface area (Å²) in [4.78, 5) is 7.98. The van der Waals surface area contributed by atoms with E-state index in [2.05, 4.69) is 26.4 Å². The molecule has 0 aliphatic carbocycles. The van der Waals surface area contributed by atoms with Gasteiger partial charge >= 0.3 is 0 Å². The summed E-state index contributed by atoms with van der Waals surface area (Å²) in [6.07, 6.45) is 8.82. The first-order chi connectivity index (χ1) is 9.42. The molecular weight excluding hydrogens is 238 g/mol. The second-order valence-corrected chi connectivity index (χ2v) is 4.10. The normalized spacial score (nSPS) is 10.3. The van der Waals surface area contributed by atoms with Crippen LogP contribution in [0.25, 0.3) is 5.69 Å². The molecule has 5 nitrogen and oxygen atoms in total. The van der Waals surface area contributed by atoms with Crippen molar-refractivity contribution in [2.45, 2.75) is 6.54 Å². The van der Waals surface area contributed by atoms with Gasteiger partial charge in [0.05, 0.1) is 5.69 Å². The van der Waals surface area contributed by atoms with Gasteiger partial charge in [0.1, 0.15) is 6.33 Å². The van der Waals surface area contributed by atoms with Crippen LogP contribution in [-0.2, 0) is 6.54 Å². The molecule has 19 heavy (non-hydrogen) atoms. The van der Waals surface area contributed by atoms with Crippen molar-refractivity contribution in [2.24, 2.45) is 0 Å². The molecule has 0 aliphatic rings. The lowest BCUT2D eigenvalue weighted by atomic mass is 10.2. The maximum Gasteiger partial charge on any atom is 0.115 e. The molecule has 0 spiro atoms. The number of nitrogens with zero attached hydrogens (tertiary/aromatic N) is 4. The van der Waals surface area contributed by atoms with Crippen molar-refractivity contribution in [2.75, 3.05) is 5.32 Å². The van der Waals surface area contributed by atoms with E-state index in [4.69, 9.17) is 0 Å². The summed E-state index contributed by atoms with van der Waals surface area (Å²) in [5.41, 5.74) is 3.11. The molecule has 1 N–H and O–H groups in total. The average Bonchev–Trinajstić information content (AvgIpc) is 3.01. The second-order valence-electron chi connectivity index (χ2n) is 4.10. The first kappa shape index (κ1) is 11.4. The Labute approximate surface area is 111 Å². The van der Waals surface area contributed by atoms with Crippen molar-refractivity contribution >= 4 is 5.69 Å². The minimum absolute atomic E-state index is 0.698. The van der Waals surface area contributed by atoms with Crippen LogP contribution in [0, 0.1) is 0 Å². The molecule has 94 valence electrons. The smallest absolute Gasteiger partial charge is 0.115 e. The van der Waals surface area contributed by atoms with Gasteiger partial charge in [-0.1, -0.05) is 6.07 Å². The SMILES string of the molecule is c1cc(NCc2cncnc2)cc(-n2cccn2)c1. The third-order valence-corrected chi connectivity index (χ3v) is 2.73. The largest absolute Gasteiger partial charge is 0.381 e. The van der Waals surface area contributed by atoms with E-state index in [1.807, 2.05) is 35.1 Å². The molecule has 0 amide bonds. The monoisotopic (exact) mass is 251 g/mol. The van der Waals surface area contributed by atoms with Crippen LogP contribution < -0.4 is 5.32 Å². The van der Waals surface area contributed by atoms with Crippen LogP contribution in [0.4, 0.5) is 5.69 Å². The average molecular weight is 251 g/mol. The van der Waals surface area contributed by atoms with E-state index in [1.165, 1.54) is 6.33 Å². The molecule has 2 heterocycles. The lowest BCUT2D eigenvalue weighted by Gasteiger charge is -2.08. The quantitative estimate of drug-likeness (QED) is 0.773. The number of anilines is 1. The molecule has 0 fully saturated rings. The van der Waals surface area contributed by atoms with Gasteiger partial charge in [-0.3, -0.25) is 0 Å². The fourth-order valence-electron chi connectivity index (χ4n) is 1.81. The van der Waals surface area contributed by atoms with E-state index in [-0.39, 0.29) is 0 Å². The van der Waals surface area contributed by atoms with Crippen molar-refractivity contribution in [3.05, 3.63) is 67.0 Å². The Morgan fingerprint density at radius 2 is 2.00 bits per heavy atom. The summed E-state index contributed by atoms with van der Waals surface area (Å²) < 4.78 is 1.83. The van der Waals surface area contributed by atoms with Gasteiger partial charge in [0.25, 0.3) is 0 Å². The predicted octanol–water partition coefficient (Wildman–Crippen LogP) is 2.27. The number of hydrogen-bond acceptors (Lipinski definition) is 4. The van der Waals surface area contributed by atoms with Gasteiger partial charge in [0, 0.05) is 42.6 Å². The molecule has 5 heteroatoms. The second kappa shape index (κ2) is 5.30. The maximum atomic E-state index is 4.21. The molecule has 0 saturated heterocycles. The minimum atomic E-state index is 0.698. The first-order valence-electron chi connectivity index (χ1n) is 6.00. The fourth-order valence-corrected chi connectivity index (χ4v) is 1.81. The summed E-state index contributed by atoms with van der Waals surface area (Å²) in [6.45, 7) is 0.698. The number of benzene rings is 1. The zero-order valence-electron chi connectivity index (χ0n) is 10.3. The van der Waals surface area contributed by atoms with Gasteiger partial charge in [0.15, 0.2) is 0 Å². The van der Waals surface area contributed by atoms with Gasteiger partial charge in [-0.05, 0) is 24.3 Å². The van der Waals surface area contributed by atoms with Gasteiger partial charge in [-0.15, -0.1) is 0 Å². The molecule has 3 rings (SSSR count). The third kappa shape index (κ3) is 2.77. The van der Waals surface area contributed by atoms with Gasteiger partial charge in [0.2, 0.25) is 0 Å². The molecule has 0 atom stereocenters. The van der Waals surface area contributed by atoms with Crippen LogP contribution in [0.1, 0.15) is 5.56 Å². The molecule has 0 saturated carbocycles. The topological polar surface area (TPSA) is 55.6 Å². The van der Waals surface area contributed by atoms with Gasteiger partial charge < -0.3 is 5.32 Å². The lowest BCUT2D eigenvalue weighted by molar-refractivity contribution is 0.880. The Balaban J connectivity index is 1.74. The number of nitrogens with one attached hydrogen (secondary N) is 1. The zero-order valence-corrected chi connectivity index (χ0v) is 10.3. The van der Waals surface area contributed by atoms with Crippen LogP contribution in [0.15, 0.2) is 61.4 Å². The first-order valence-corrected chi connectivity index (χ1v) is 6.00. The maximum absolute atomic E-state index is 4.21. The fraction of sp³-hybridized carbons (Fsp3) is 0.0714. The number of aromatic nitrogens is 4. The van der Waals surface area contributed by atoms with E-state index in [0.717, 1.165) is 16.9 Å². The van der Waals surface area contributed by atoms with E-state index in [1.54, 1.807) is 18.6 Å². The van der Waals surface area contributed by atoms with Crippen LogP contribution >= 0.6 is 0 Å². The molecular formula is C14H13N5. The van der Waals surface area contributed by atoms with Crippen LogP contribution in [0.3, 0.4) is 0 Å². The molecule has 1 aromatic carbocycles. The summed E-state index contributed by atoms with van der Waals surface area (Å²) in [5.74, 6) is 0. The highest BCUT2D eigenvalue weighted by Gasteiger charge is 1.98. The summed E-state index contributed by atoms with van der Waals surface area (Å²) in [6, 6.07) is 10.00. The van der Waals surface area contributed by atoms with E-state index in [0.29, 0.717) is 6.54 Å². The van der Waals surface area contributed by atoms with Crippen molar-refractivity contribution < 1.29 is 0 Å². The van der Waals surface area contributed by atoms with Crippen LogP contribution in [0.5, 0.6) is 0 Å². The van der Waals surface area contributed by atoms with Gasteiger partial charge in [-0.25, -0.2) is 14.6 Å². The van der Waals surface area contributed by atoms with E-state index >= 15 is 0 Å². The highest BCUT2D eigenvalue weighted by molar-refractivity contribution is 5.51. The van der Waals surface area contributed by atoms with Crippen molar-refractivity contribution in [1.82, 2.24) is 19.7 Å². The number of rotatable bonds is 4. The van der Waals surface area contributed by atoms with Crippen LogP contribution in [0.2, 0.25) is 0 Å². The standard InChI is InChI=1S/C14H13N5/c1-3-13(17-10-12-8-15-11-16-9-12)7-14(4-1)19-6-2-5-18-19/h1-9,11,17H,10H2. The highest BCUT2D eigenvalue weighted by Crippen LogP contribution is 2.14. The van der Waals surface area contributed by atoms with E-state index < -0.39 is 0 Å². The molecule has 0 radical (unpaired) electrons. The summed E-state index contributed by atoms with van der Waals surface area (Å²) in [7, 11) is 0. The minimum Gasteiger partial charge on any atom is -0.381 e. The zero-order chi connectivity index (χ0) is 12.9. The molecule has 0 unspecified atom stereocenters. The van der Waals surface area contributed by atoms with Crippen LogP contribution in [-0.4, -0.2) is 19.7 Å². The highest BCUT2D eigenvalue weighted by atomic mass is 15.3. The van der Waals surface area contributed by atoms with Crippen molar-refractivity contribution in [3.8, 4) is 5.69 Å².